The van der Waals surface area contributed by atoms with Crippen molar-refractivity contribution >= 4 is 5.91 Å². The minimum atomic E-state index is 0.129. The lowest BCUT2D eigenvalue weighted by Gasteiger charge is -2.08. The minimum absolute atomic E-state index is 0.129. The first-order valence-electron chi connectivity index (χ1n) is 7.65. The fourth-order valence-electron chi connectivity index (χ4n) is 2.44. The molecule has 0 spiro atoms. The van der Waals surface area contributed by atoms with E-state index >= 15 is 0 Å². The van der Waals surface area contributed by atoms with Gasteiger partial charge < -0.3 is 14.8 Å². The van der Waals surface area contributed by atoms with Gasteiger partial charge >= 0.3 is 0 Å². The maximum absolute atomic E-state index is 12.0. The predicted molar refractivity (Wildman–Crippen MR) is 82.6 cm³/mol. The molecule has 1 amide bonds. The Bertz CT molecular complexity index is 456. The summed E-state index contributed by atoms with van der Waals surface area (Å²) in [5.41, 5.74) is 1.22. The second-order valence-corrected chi connectivity index (χ2v) is 5.79. The van der Waals surface area contributed by atoms with Gasteiger partial charge in [-0.25, -0.2) is 0 Å². The molecule has 116 valence electrons. The molecule has 4 nitrogen and oxygen atoms in total. The zero-order valence-corrected chi connectivity index (χ0v) is 13.1. The third kappa shape index (κ3) is 4.74. The quantitative estimate of drug-likeness (QED) is 0.749. The summed E-state index contributed by atoms with van der Waals surface area (Å²) in [6.07, 6.45) is 2.06. The van der Waals surface area contributed by atoms with Crippen molar-refractivity contribution in [1.82, 2.24) is 5.32 Å². The maximum Gasteiger partial charge on any atom is 0.223 e. The van der Waals surface area contributed by atoms with Crippen molar-refractivity contribution in [2.45, 2.75) is 38.7 Å². The van der Waals surface area contributed by atoms with Crippen LogP contribution >= 0.6 is 0 Å². The van der Waals surface area contributed by atoms with Crippen LogP contribution in [0.3, 0.4) is 0 Å². The Hall–Kier alpha value is -1.55. The average molecular weight is 291 g/mol. The van der Waals surface area contributed by atoms with Crippen LogP contribution in [-0.2, 0) is 9.53 Å². The van der Waals surface area contributed by atoms with Gasteiger partial charge in [-0.2, -0.15) is 0 Å². The van der Waals surface area contributed by atoms with Gasteiger partial charge in [-0.1, -0.05) is 12.1 Å². The third-order valence-electron chi connectivity index (χ3n) is 3.74. The zero-order valence-electron chi connectivity index (χ0n) is 13.1. The SMILES string of the molecule is COc1ccc(C2CC2C(=O)NCCCOC(C)C)cc1. The summed E-state index contributed by atoms with van der Waals surface area (Å²) >= 11 is 0. The smallest absolute Gasteiger partial charge is 0.223 e. The number of ether oxygens (including phenoxy) is 2. The predicted octanol–water partition coefficient (Wildman–Crippen LogP) is 2.73. The van der Waals surface area contributed by atoms with Crippen LogP contribution in [-0.4, -0.2) is 32.3 Å². The van der Waals surface area contributed by atoms with Crippen molar-refractivity contribution in [3.8, 4) is 5.75 Å². The van der Waals surface area contributed by atoms with Gasteiger partial charge in [0.25, 0.3) is 0 Å². The molecule has 1 fully saturated rings. The molecule has 0 saturated heterocycles. The van der Waals surface area contributed by atoms with E-state index in [1.54, 1.807) is 7.11 Å². The van der Waals surface area contributed by atoms with Crippen LogP contribution in [0.4, 0.5) is 0 Å². The highest BCUT2D eigenvalue weighted by molar-refractivity contribution is 5.82. The Morgan fingerprint density at radius 3 is 2.67 bits per heavy atom. The van der Waals surface area contributed by atoms with E-state index in [-0.39, 0.29) is 17.9 Å². The van der Waals surface area contributed by atoms with E-state index in [0.29, 0.717) is 19.1 Å². The molecule has 1 aliphatic carbocycles. The second-order valence-electron chi connectivity index (χ2n) is 5.79. The van der Waals surface area contributed by atoms with Crippen LogP contribution in [0.5, 0.6) is 5.75 Å². The van der Waals surface area contributed by atoms with Crippen molar-refractivity contribution in [3.05, 3.63) is 29.8 Å². The lowest BCUT2D eigenvalue weighted by molar-refractivity contribution is -0.122. The molecule has 1 N–H and O–H groups in total. The Kier molecular flexibility index (Phi) is 5.62. The van der Waals surface area contributed by atoms with Crippen molar-refractivity contribution in [1.29, 1.82) is 0 Å². The van der Waals surface area contributed by atoms with E-state index in [2.05, 4.69) is 5.32 Å². The van der Waals surface area contributed by atoms with Gasteiger partial charge in [0.15, 0.2) is 0 Å². The fraction of sp³-hybridized carbons (Fsp3) is 0.588. The van der Waals surface area contributed by atoms with Gasteiger partial charge in [-0.3, -0.25) is 4.79 Å². The van der Waals surface area contributed by atoms with E-state index in [1.807, 2.05) is 38.1 Å². The molecule has 2 rings (SSSR count). The summed E-state index contributed by atoms with van der Waals surface area (Å²) in [6.45, 7) is 5.42. The highest BCUT2D eigenvalue weighted by atomic mass is 16.5. The first-order valence-corrected chi connectivity index (χ1v) is 7.65. The van der Waals surface area contributed by atoms with E-state index in [9.17, 15) is 4.79 Å². The number of carbonyl (C=O) groups is 1. The second kappa shape index (κ2) is 7.46. The number of hydrogen-bond acceptors (Lipinski definition) is 3. The lowest BCUT2D eigenvalue weighted by atomic mass is 10.1. The number of methoxy groups -OCH3 is 1. The number of rotatable bonds is 8. The molecule has 0 radical (unpaired) electrons. The van der Waals surface area contributed by atoms with Crippen LogP contribution < -0.4 is 10.1 Å². The molecule has 1 saturated carbocycles. The number of carbonyl (C=O) groups excluding carboxylic acids is 1. The monoisotopic (exact) mass is 291 g/mol. The molecule has 21 heavy (non-hydrogen) atoms. The largest absolute Gasteiger partial charge is 0.497 e. The summed E-state index contributed by atoms with van der Waals surface area (Å²) in [7, 11) is 1.66. The van der Waals surface area contributed by atoms with Crippen LogP contribution in [0.1, 0.15) is 38.2 Å². The molecule has 1 aromatic rings. The van der Waals surface area contributed by atoms with Crippen LogP contribution in [0.2, 0.25) is 0 Å². The van der Waals surface area contributed by atoms with Gasteiger partial charge in [0.1, 0.15) is 5.75 Å². The highest BCUT2D eigenvalue weighted by Crippen LogP contribution is 2.47. The van der Waals surface area contributed by atoms with Crippen LogP contribution in [0.25, 0.3) is 0 Å². The molecule has 2 unspecified atom stereocenters. The topological polar surface area (TPSA) is 47.6 Å². The first kappa shape index (κ1) is 15.8. The summed E-state index contributed by atoms with van der Waals surface area (Å²) < 4.78 is 10.6. The van der Waals surface area contributed by atoms with Crippen molar-refractivity contribution in [2.75, 3.05) is 20.3 Å². The van der Waals surface area contributed by atoms with E-state index in [4.69, 9.17) is 9.47 Å². The van der Waals surface area contributed by atoms with Gasteiger partial charge in [0, 0.05) is 19.1 Å². The Morgan fingerprint density at radius 1 is 1.33 bits per heavy atom. The zero-order chi connectivity index (χ0) is 15.2. The Labute approximate surface area is 126 Å². The number of nitrogens with one attached hydrogen (secondary N) is 1. The van der Waals surface area contributed by atoms with Crippen molar-refractivity contribution in [3.63, 3.8) is 0 Å². The van der Waals surface area contributed by atoms with Crippen LogP contribution in [0, 0.1) is 5.92 Å². The number of amides is 1. The summed E-state index contributed by atoms with van der Waals surface area (Å²) in [5, 5.41) is 3.00. The maximum atomic E-state index is 12.0. The molecule has 1 aromatic carbocycles. The fourth-order valence-corrected chi connectivity index (χ4v) is 2.44. The molecule has 0 aromatic heterocycles. The van der Waals surface area contributed by atoms with E-state index in [0.717, 1.165) is 18.6 Å². The number of hydrogen-bond donors (Lipinski definition) is 1. The van der Waals surface area contributed by atoms with Crippen molar-refractivity contribution in [2.24, 2.45) is 5.92 Å². The lowest BCUT2D eigenvalue weighted by Crippen LogP contribution is -2.27. The molecule has 0 heterocycles. The first-order chi connectivity index (χ1) is 10.1. The molecular formula is C17H25NO3. The average Bonchev–Trinajstić information content (AvgIpc) is 3.27. The molecule has 0 aliphatic heterocycles. The Morgan fingerprint density at radius 2 is 2.05 bits per heavy atom. The normalized spacial score (nSPS) is 20.4. The molecule has 4 heteroatoms. The van der Waals surface area contributed by atoms with E-state index < -0.39 is 0 Å². The van der Waals surface area contributed by atoms with Gasteiger partial charge in [-0.05, 0) is 50.3 Å². The third-order valence-corrected chi connectivity index (χ3v) is 3.74. The molecular weight excluding hydrogens is 266 g/mol. The van der Waals surface area contributed by atoms with Crippen molar-refractivity contribution < 1.29 is 14.3 Å². The molecule has 2 atom stereocenters. The molecule has 1 aliphatic rings. The van der Waals surface area contributed by atoms with E-state index in [1.165, 1.54) is 5.56 Å². The Balaban J connectivity index is 1.68. The van der Waals surface area contributed by atoms with Gasteiger partial charge in [0.05, 0.1) is 13.2 Å². The highest BCUT2D eigenvalue weighted by Gasteiger charge is 2.43. The minimum Gasteiger partial charge on any atom is -0.497 e. The summed E-state index contributed by atoms with van der Waals surface area (Å²) in [6, 6.07) is 8.00. The molecule has 0 bridgehead atoms. The van der Waals surface area contributed by atoms with Gasteiger partial charge in [0.2, 0.25) is 5.91 Å². The number of benzene rings is 1. The van der Waals surface area contributed by atoms with Gasteiger partial charge in [-0.15, -0.1) is 0 Å². The van der Waals surface area contributed by atoms with Crippen LogP contribution in [0.15, 0.2) is 24.3 Å². The summed E-state index contributed by atoms with van der Waals surface area (Å²) in [4.78, 5) is 12.0. The standard InChI is InChI=1S/C17H25NO3/c1-12(2)21-10-4-9-18-17(19)16-11-15(16)13-5-7-14(20-3)8-6-13/h5-8,12,15-16H,4,9-11H2,1-3H3,(H,18,19). The summed E-state index contributed by atoms with van der Waals surface area (Å²) in [5.74, 6) is 1.51.